The van der Waals surface area contributed by atoms with E-state index in [2.05, 4.69) is 26.1 Å². The van der Waals surface area contributed by atoms with Gasteiger partial charge in [0, 0.05) is 17.4 Å². The molecule has 0 spiro atoms. The molecule has 0 aliphatic heterocycles. The maximum Gasteiger partial charge on any atom is 0.0343 e. The van der Waals surface area contributed by atoms with Gasteiger partial charge in [-0.3, -0.25) is 0 Å². The van der Waals surface area contributed by atoms with Gasteiger partial charge < -0.3 is 11.1 Å². The molecule has 1 unspecified atom stereocenters. The molecule has 1 rings (SSSR count). The summed E-state index contributed by atoms with van der Waals surface area (Å²) in [5.74, 6) is 0.809. The second-order valence-electron chi connectivity index (χ2n) is 4.99. The smallest absolute Gasteiger partial charge is 0.0343 e. The molecule has 0 fully saturated rings. The maximum absolute atomic E-state index is 5.64. The number of hydrogen-bond donors (Lipinski definition) is 2. The topological polar surface area (TPSA) is 38.0 Å². The van der Waals surface area contributed by atoms with Crippen molar-refractivity contribution >= 4 is 11.4 Å². The first-order valence-electron chi connectivity index (χ1n) is 6.20. The first-order chi connectivity index (χ1) is 7.58. The van der Waals surface area contributed by atoms with Crippen LogP contribution < -0.4 is 11.1 Å². The average molecular weight is 220 g/mol. The lowest BCUT2D eigenvalue weighted by atomic mass is 10.0. The predicted octanol–water partition coefficient (Wildman–Crippen LogP) is 3.90. The molecule has 1 aromatic carbocycles. The van der Waals surface area contributed by atoms with Gasteiger partial charge in [0.25, 0.3) is 0 Å². The predicted molar refractivity (Wildman–Crippen MR) is 72.6 cm³/mol. The third kappa shape index (κ3) is 5.06. The highest BCUT2D eigenvalue weighted by atomic mass is 14.9. The Morgan fingerprint density at radius 3 is 2.25 bits per heavy atom. The number of hydrogen-bond acceptors (Lipinski definition) is 2. The van der Waals surface area contributed by atoms with E-state index in [4.69, 9.17) is 5.73 Å². The summed E-state index contributed by atoms with van der Waals surface area (Å²) in [4.78, 5) is 0. The fraction of sp³-hybridized carbons (Fsp3) is 0.571. The lowest BCUT2D eigenvalue weighted by Crippen LogP contribution is -2.15. The lowest BCUT2D eigenvalue weighted by molar-refractivity contribution is 0.520. The summed E-state index contributed by atoms with van der Waals surface area (Å²) >= 11 is 0. The Labute approximate surface area is 99.2 Å². The molecule has 90 valence electrons. The second kappa shape index (κ2) is 6.41. The summed E-state index contributed by atoms with van der Waals surface area (Å²) in [6.45, 7) is 6.78. The largest absolute Gasteiger partial charge is 0.399 e. The average Bonchev–Trinajstić information content (AvgIpc) is 2.21. The standard InChI is InChI=1S/C14H24N2/c1-11(2)5-4-6-12(3)16-14-9-7-13(15)8-10-14/h7-12,16H,4-6,15H2,1-3H3. The van der Waals surface area contributed by atoms with Crippen LogP contribution in [0.3, 0.4) is 0 Å². The van der Waals surface area contributed by atoms with Crippen molar-refractivity contribution in [2.45, 2.75) is 46.1 Å². The van der Waals surface area contributed by atoms with E-state index in [0.717, 1.165) is 17.3 Å². The van der Waals surface area contributed by atoms with Crippen molar-refractivity contribution in [1.82, 2.24) is 0 Å². The Bertz CT molecular complexity index is 290. The molecule has 0 aliphatic rings. The molecule has 0 aliphatic carbocycles. The van der Waals surface area contributed by atoms with Gasteiger partial charge in [0.1, 0.15) is 0 Å². The number of nitrogens with two attached hydrogens (primary N) is 1. The molecule has 0 radical (unpaired) electrons. The van der Waals surface area contributed by atoms with Gasteiger partial charge in [-0.1, -0.05) is 26.7 Å². The molecular weight excluding hydrogens is 196 g/mol. The Kier molecular flexibility index (Phi) is 5.17. The molecule has 2 nitrogen and oxygen atoms in total. The second-order valence-corrected chi connectivity index (χ2v) is 4.99. The first-order valence-corrected chi connectivity index (χ1v) is 6.20. The third-order valence-corrected chi connectivity index (χ3v) is 2.74. The van der Waals surface area contributed by atoms with Gasteiger partial charge in [-0.05, 0) is 43.5 Å². The quantitative estimate of drug-likeness (QED) is 0.714. The van der Waals surface area contributed by atoms with Crippen molar-refractivity contribution in [2.75, 3.05) is 11.1 Å². The van der Waals surface area contributed by atoms with Crippen LogP contribution in [0.15, 0.2) is 24.3 Å². The molecule has 16 heavy (non-hydrogen) atoms. The van der Waals surface area contributed by atoms with E-state index >= 15 is 0 Å². The maximum atomic E-state index is 5.64. The van der Waals surface area contributed by atoms with Crippen molar-refractivity contribution in [3.8, 4) is 0 Å². The van der Waals surface area contributed by atoms with E-state index in [9.17, 15) is 0 Å². The van der Waals surface area contributed by atoms with Gasteiger partial charge in [-0.25, -0.2) is 0 Å². The highest BCUT2D eigenvalue weighted by molar-refractivity contribution is 5.51. The summed E-state index contributed by atoms with van der Waals surface area (Å²) in [5, 5.41) is 3.49. The minimum absolute atomic E-state index is 0.530. The molecule has 0 aromatic heterocycles. The SMILES string of the molecule is CC(C)CCCC(C)Nc1ccc(N)cc1. The van der Waals surface area contributed by atoms with E-state index in [1.54, 1.807) is 0 Å². The highest BCUT2D eigenvalue weighted by Gasteiger charge is 2.02. The van der Waals surface area contributed by atoms with Gasteiger partial charge >= 0.3 is 0 Å². The van der Waals surface area contributed by atoms with Crippen LogP contribution in [0.25, 0.3) is 0 Å². The Balaban J connectivity index is 2.28. The third-order valence-electron chi connectivity index (χ3n) is 2.74. The Hall–Kier alpha value is -1.18. The lowest BCUT2D eigenvalue weighted by Gasteiger charge is -2.15. The van der Waals surface area contributed by atoms with E-state index in [1.807, 2.05) is 24.3 Å². The van der Waals surface area contributed by atoms with E-state index in [1.165, 1.54) is 19.3 Å². The van der Waals surface area contributed by atoms with E-state index in [0.29, 0.717) is 6.04 Å². The van der Waals surface area contributed by atoms with Gasteiger partial charge in [0.2, 0.25) is 0 Å². The van der Waals surface area contributed by atoms with Gasteiger partial charge in [-0.2, -0.15) is 0 Å². The minimum atomic E-state index is 0.530. The molecule has 2 heteroatoms. The van der Waals surface area contributed by atoms with Crippen molar-refractivity contribution < 1.29 is 0 Å². The molecular formula is C14H24N2. The molecule has 0 heterocycles. The van der Waals surface area contributed by atoms with Crippen molar-refractivity contribution in [3.05, 3.63) is 24.3 Å². The molecule has 0 saturated carbocycles. The van der Waals surface area contributed by atoms with Gasteiger partial charge in [-0.15, -0.1) is 0 Å². The number of nitrogens with one attached hydrogen (secondary N) is 1. The number of rotatable bonds is 6. The van der Waals surface area contributed by atoms with Gasteiger partial charge in [0.05, 0.1) is 0 Å². The summed E-state index contributed by atoms with van der Waals surface area (Å²) < 4.78 is 0. The van der Waals surface area contributed by atoms with Crippen LogP contribution in [0.5, 0.6) is 0 Å². The molecule has 1 aromatic rings. The van der Waals surface area contributed by atoms with Crippen LogP contribution in [-0.2, 0) is 0 Å². The summed E-state index contributed by atoms with van der Waals surface area (Å²) in [5.41, 5.74) is 7.62. The molecule has 3 N–H and O–H groups in total. The van der Waals surface area contributed by atoms with Crippen LogP contribution in [-0.4, -0.2) is 6.04 Å². The van der Waals surface area contributed by atoms with E-state index < -0.39 is 0 Å². The highest BCUT2D eigenvalue weighted by Crippen LogP contribution is 2.14. The number of benzene rings is 1. The number of nitrogen functional groups attached to an aromatic ring is 1. The van der Waals surface area contributed by atoms with Gasteiger partial charge in [0.15, 0.2) is 0 Å². The fourth-order valence-corrected chi connectivity index (χ4v) is 1.77. The molecule has 0 amide bonds. The summed E-state index contributed by atoms with van der Waals surface area (Å²) in [6, 6.07) is 8.47. The molecule has 1 atom stereocenters. The zero-order valence-corrected chi connectivity index (χ0v) is 10.7. The van der Waals surface area contributed by atoms with Crippen molar-refractivity contribution in [3.63, 3.8) is 0 Å². The molecule has 0 saturated heterocycles. The van der Waals surface area contributed by atoms with Crippen LogP contribution in [0.1, 0.15) is 40.0 Å². The normalized spacial score (nSPS) is 12.8. The van der Waals surface area contributed by atoms with Crippen molar-refractivity contribution in [1.29, 1.82) is 0 Å². The van der Waals surface area contributed by atoms with Crippen LogP contribution in [0.4, 0.5) is 11.4 Å². The Morgan fingerprint density at radius 1 is 1.06 bits per heavy atom. The minimum Gasteiger partial charge on any atom is -0.399 e. The van der Waals surface area contributed by atoms with E-state index in [-0.39, 0.29) is 0 Å². The van der Waals surface area contributed by atoms with Crippen LogP contribution in [0, 0.1) is 5.92 Å². The monoisotopic (exact) mass is 220 g/mol. The summed E-state index contributed by atoms with van der Waals surface area (Å²) in [7, 11) is 0. The zero-order chi connectivity index (χ0) is 12.0. The van der Waals surface area contributed by atoms with Crippen molar-refractivity contribution in [2.24, 2.45) is 5.92 Å². The summed E-state index contributed by atoms with van der Waals surface area (Å²) in [6.07, 6.45) is 3.83. The Morgan fingerprint density at radius 2 is 1.69 bits per heavy atom. The zero-order valence-electron chi connectivity index (χ0n) is 10.7. The van der Waals surface area contributed by atoms with Crippen LogP contribution in [0.2, 0.25) is 0 Å². The number of anilines is 2. The molecule has 0 bridgehead atoms. The van der Waals surface area contributed by atoms with Crippen LogP contribution >= 0.6 is 0 Å². The first kappa shape index (κ1) is 12.9. The fourth-order valence-electron chi connectivity index (χ4n) is 1.77.